The van der Waals surface area contributed by atoms with Gasteiger partial charge in [-0.2, -0.15) is 0 Å². The standard InChI is InChI=1S/C11H21N3O/c1-3-4-11(9-12-2)14-7-5-13(10-15)6-8-14/h4,10,12H,3,5-9H2,1-2H3/b11-4-. The molecule has 4 nitrogen and oxygen atoms in total. The highest BCUT2D eigenvalue weighted by molar-refractivity contribution is 5.47. The normalized spacial score (nSPS) is 18.1. The van der Waals surface area contributed by atoms with Crippen molar-refractivity contribution in [1.82, 2.24) is 15.1 Å². The Bertz CT molecular complexity index is 220. The highest BCUT2D eigenvalue weighted by Crippen LogP contribution is 2.08. The summed E-state index contributed by atoms with van der Waals surface area (Å²) < 4.78 is 0. The van der Waals surface area contributed by atoms with E-state index in [2.05, 4.69) is 23.2 Å². The molecule has 1 N–H and O–H groups in total. The molecule has 86 valence electrons. The predicted molar refractivity (Wildman–Crippen MR) is 61.5 cm³/mol. The Morgan fingerprint density at radius 1 is 1.33 bits per heavy atom. The van der Waals surface area contributed by atoms with Gasteiger partial charge in [0.2, 0.25) is 6.41 Å². The summed E-state index contributed by atoms with van der Waals surface area (Å²) >= 11 is 0. The van der Waals surface area contributed by atoms with Gasteiger partial charge in [-0.1, -0.05) is 13.0 Å². The molecular weight excluding hydrogens is 190 g/mol. The Morgan fingerprint density at radius 3 is 2.47 bits per heavy atom. The number of hydrogen-bond acceptors (Lipinski definition) is 3. The first-order valence-electron chi connectivity index (χ1n) is 5.59. The number of likely N-dealkylation sites (N-methyl/N-ethyl adjacent to an activating group) is 1. The van der Waals surface area contributed by atoms with E-state index in [-0.39, 0.29) is 0 Å². The van der Waals surface area contributed by atoms with Crippen LogP contribution >= 0.6 is 0 Å². The SMILES string of the molecule is CC/C=C(/CNC)N1CCN(C=O)CC1. The summed E-state index contributed by atoms with van der Waals surface area (Å²) in [6, 6.07) is 0. The first-order chi connectivity index (χ1) is 7.31. The van der Waals surface area contributed by atoms with E-state index in [1.807, 2.05) is 11.9 Å². The van der Waals surface area contributed by atoms with Crippen LogP contribution in [0.15, 0.2) is 11.8 Å². The van der Waals surface area contributed by atoms with Crippen LogP contribution in [-0.4, -0.2) is 56.0 Å². The third kappa shape index (κ3) is 3.55. The van der Waals surface area contributed by atoms with Gasteiger partial charge < -0.3 is 15.1 Å². The molecule has 1 fully saturated rings. The van der Waals surface area contributed by atoms with E-state index in [0.717, 1.165) is 45.6 Å². The maximum Gasteiger partial charge on any atom is 0.209 e. The Hall–Kier alpha value is -1.03. The lowest BCUT2D eigenvalue weighted by Crippen LogP contribution is -2.46. The number of carbonyl (C=O) groups is 1. The van der Waals surface area contributed by atoms with Gasteiger partial charge in [0.05, 0.1) is 0 Å². The molecule has 0 radical (unpaired) electrons. The summed E-state index contributed by atoms with van der Waals surface area (Å²) in [6.07, 6.45) is 4.26. The van der Waals surface area contributed by atoms with Gasteiger partial charge in [-0.15, -0.1) is 0 Å². The van der Waals surface area contributed by atoms with E-state index in [9.17, 15) is 4.79 Å². The molecule has 1 aliphatic rings. The van der Waals surface area contributed by atoms with Crippen molar-refractivity contribution in [2.75, 3.05) is 39.8 Å². The highest BCUT2D eigenvalue weighted by atomic mass is 16.1. The van der Waals surface area contributed by atoms with E-state index in [1.54, 1.807) is 0 Å². The van der Waals surface area contributed by atoms with Crippen molar-refractivity contribution in [3.8, 4) is 0 Å². The molecule has 0 spiro atoms. The smallest absolute Gasteiger partial charge is 0.209 e. The van der Waals surface area contributed by atoms with Crippen molar-refractivity contribution in [1.29, 1.82) is 0 Å². The molecule has 1 rings (SSSR count). The fraction of sp³-hybridized carbons (Fsp3) is 0.727. The molecule has 15 heavy (non-hydrogen) atoms. The number of piperazine rings is 1. The van der Waals surface area contributed by atoms with Gasteiger partial charge in [-0.3, -0.25) is 4.79 Å². The zero-order chi connectivity index (χ0) is 11.1. The average molecular weight is 211 g/mol. The molecule has 0 aromatic heterocycles. The van der Waals surface area contributed by atoms with Gasteiger partial charge in [-0.05, 0) is 13.5 Å². The van der Waals surface area contributed by atoms with Crippen molar-refractivity contribution >= 4 is 6.41 Å². The summed E-state index contributed by atoms with van der Waals surface area (Å²) in [4.78, 5) is 14.8. The monoisotopic (exact) mass is 211 g/mol. The second-order valence-corrected chi connectivity index (χ2v) is 3.76. The summed E-state index contributed by atoms with van der Waals surface area (Å²) in [5, 5.41) is 3.18. The fourth-order valence-corrected chi connectivity index (χ4v) is 1.84. The number of rotatable bonds is 5. The van der Waals surface area contributed by atoms with Crippen LogP contribution in [-0.2, 0) is 4.79 Å². The lowest BCUT2D eigenvalue weighted by Gasteiger charge is -2.35. The van der Waals surface area contributed by atoms with E-state index in [0.29, 0.717) is 0 Å². The third-order valence-electron chi connectivity index (χ3n) is 2.67. The fourth-order valence-electron chi connectivity index (χ4n) is 1.84. The Kier molecular flexibility index (Phi) is 5.18. The minimum atomic E-state index is 0.842. The summed E-state index contributed by atoms with van der Waals surface area (Å²) in [6.45, 7) is 6.65. The molecule has 1 saturated heterocycles. The molecule has 4 heteroatoms. The van der Waals surface area contributed by atoms with Crippen LogP contribution in [0.3, 0.4) is 0 Å². The molecule has 1 amide bonds. The van der Waals surface area contributed by atoms with Crippen LogP contribution in [0.4, 0.5) is 0 Å². The molecule has 0 aliphatic carbocycles. The minimum Gasteiger partial charge on any atom is -0.370 e. The van der Waals surface area contributed by atoms with Crippen molar-refractivity contribution in [2.45, 2.75) is 13.3 Å². The zero-order valence-electron chi connectivity index (χ0n) is 9.70. The summed E-state index contributed by atoms with van der Waals surface area (Å²) in [5.74, 6) is 0. The second-order valence-electron chi connectivity index (χ2n) is 3.76. The average Bonchev–Trinajstić information content (AvgIpc) is 2.29. The predicted octanol–water partition coefficient (Wildman–Crippen LogP) is 0.274. The van der Waals surface area contributed by atoms with Gasteiger partial charge in [-0.25, -0.2) is 0 Å². The number of amides is 1. The highest BCUT2D eigenvalue weighted by Gasteiger charge is 2.16. The topological polar surface area (TPSA) is 35.6 Å². The van der Waals surface area contributed by atoms with Crippen LogP contribution in [0.5, 0.6) is 0 Å². The molecule has 0 unspecified atom stereocenters. The van der Waals surface area contributed by atoms with E-state index >= 15 is 0 Å². The number of nitrogens with zero attached hydrogens (tertiary/aromatic N) is 2. The quantitative estimate of drug-likeness (QED) is 0.663. The first-order valence-corrected chi connectivity index (χ1v) is 5.59. The number of hydrogen-bond donors (Lipinski definition) is 1. The number of allylic oxidation sites excluding steroid dienone is 1. The van der Waals surface area contributed by atoms with Crippen LogP contribution in [0.25, 0.3) is 0 Å². The molecule has 1 heterocycles. The van der Waals surface area contributed by atoms with Crippen molar-refractivity contribution in [2.24, 2.45) is 0 Å². The second kappa shape index (κ2) is 6.45. The van der Waals surface area contributed by atoms with Gasteiger partial charge in [0.1, 0.15) is 0 Å². The van der Waals surface area contributed by atoms with Crippen LogP contribution < -0.4 is 5.32 Å². The molecular formula is C11H21N3O. The largest absolute Gasteiger partial charge is 0.370 e. The van der Waals surface area contributed by atoms with Gasteiger partial charge in [0.25, 0.3) is 0 Å². The van der Waals surface area contributed by atoms with Gasteiger partial charge in [0, 0.05) is 38.4 Å². The van der Waals surface area contributed by atoms with Crippen molar-refractivity contribution < 1.29 is 4.79 Å². The first kappa shape index (κ1) is 12.0. The van der Waals surface area contributed by atoms with Crippen LogP contribution in [0.2, 0.25) is 0 Å². The lowest BCUT2D eigenvalue weighted by molar-refractivity contribution is -0.119. The lowest BCUT2D eigenvalue weighted by atomic mass is 10.2. The Labute approximate surface area is 91.9 Å². The van der Waals surface area contributed by atoms with E-state index in [4.69, 9.17) is 0 Å². The molecule has 1 aliphatic heterocycles. The minimum absolute atomic E-state index is 0.842. The maximum atomic E-state index is 10.6. The van der Waals surface area contributed by atoms with Crippen LogP contribution in [0.1, 0.15) is 13.3 Å². The van der Waals surface area contributed by atoms with E-state index in [1.165, 1.54) is 5.70 Å². The third-order valence-corrected chi connectivity index (χ3v) is 2.67. The zero-order valence-corrected chi connectivity index (χ0v) is 9.70. The molecule has 0 atom stereocenters. The molecule has 0 saturated carbocycles. The summed E-state index contributed by atoms with van der Waals surface area (Å²) in [7, 11) is 1.96. The van der Waals surface area contributed by atoms with Crippen molar-refractivity contribution in [3.63, 3.8) is 0 Å². The Balaban J connectivity index is 2.48. The number of carbonyl (C=O) groups excluding carboxylic acids is 1. The molecule has 0 bridgehead atoms. The van der Waals surface area contributed by atoms with Crippen molar-refractivity contribution in [3.05, 3.63) is 11.8 Å². The molecule has 0 aromatic carbocycles. The molecule has 0 aromatic rings. The van der Waals surface area contributed by atoms with Gasteiger partial charge >= 0.3 is 0 Å². The maximum absolute atomic E-state index is 10.6. The number of nitrogens with one attached hydrogen (secondary N) is 1. The summed E-state index contributed by atoms with van der Waals surface area (Å²) in [5.41, 5.74) is 1.35. The Morgan fingerprint density at radius 2 is 2.00 bits per heavy atom. The van der Waals surface area contributed by atoms with E-state index < -0.39 is 0 Å². The van der Waals surface area contributed by atoms with Crippen LogP contribution in [0, 0.1) is 0 Å². The van der Waals surface area contributed by atoms with Gasteiger partial charge in [0.15, 0.2) is 0 Å².